The molecule has 19 nitrogen and oxygen atoms in total. The lowest BCUT2D eigenvalue weighted by molar-refractivity contribution is -0.379. The van der Waals surface area contributed by atoms with Gasteiger partial charge in [0, 0.05) is 6.42 Å². The van der Waals surface area contributed by atoms with E-state index in [1.54, 1.807) is 0 Å². The number of hydrogen-bond donors (Lipinski definition) is 12. The topological polar surface area (TPSA) is 307 Å². The Bertz CT molecular complexity index is 1460. The van der Waals surface area contributed by atoms with Crippen molar-refractivity contribution in [2.75, 3.05) is 26.4 Å². The smallest absolute Gasteiger partial charge is 0.220 e. The molecular weight excluding hydrogens is 999 g/mol. The van der Waals surface area contributed by atoms with Crippen LogP contribution in [0.3, 0.4) is 0 Å². The summed E-state index contributed by atoms with van der Waals surface area (Å²) in [6.07, 6.45) is 15.4. The summed E-state index contributed by atoms with van der Waals surface area (Å²) in [6, 6.07) is -0.879. The molecule has 454 valence electrons. The Morgan fingerprint density at radius 3 is 1.26 bits per heavy atom. The van der Waals surface area contributed by atoms with Crippen molar-refractivity contribution in [3.8, 4) is 0 Å². The average Bonchev–Trinajstić information content (AvgIpc) is 3.42. The van der Waals surface area contributed by atoms with Gasteiger partial charge in [0.1, 0.15) is 73.2 Å². The van der Waals surface area contributed by atoms with Crippen molar-refractivity contribution < 1.29 is 89.4 Å². The summed E-state index contributed by atoms with van der Waals surface area (Å²) in [7, 11) is 0. The molecule has 0 spiro atoms. The van der Waals surface area contributed by atoms with E-state index in [2.05, 4.69) is 31.3 Å². The number of aliphatic hydroxyl groups is 11. The second kappa shape index (κ2) is 42.4. The van der Waals surface area contributed by atoms with Crippen molar-refractivity contribution in [1.82, 2.24) is 5.32 Å². The quantitative estimate of drug-likeness (QED) is 0.0269. The molecule has 17 atom stereocenters. The number of carbonyl (C=O) groups is 1. The SMILES string of the molecule is CCCCCCCCCC/C=C\CCCCCCCCCCCCCCCCCC(=O)NC(COC1OC(CO)C(OC2OC(CO)C(OC3OC(CO)C(O)C(O)C3O)C(O)C2O)C(O)C1O)C(O)CCCCCCC. The van der Waals surface area contributed by atoms with E-state index in [-0.39, 0.29) is 18.9 Å². The first-order chi connectivity index (χ1) is 37.3. The maximum Gasteiger partial charge on any atom is 0.220 e. The fourth-order valence-electron chi connectivity index (χ4n) is 10.5. The van der Waals surface area contributed by atoms with Crippen LogP contribution >= 0.6 is 0 Å². The maximum absolute atomic E-state index is 13.2. The number of ether oxygens (including phenoxy) is 6. The zero-order valence-corrected chi connectivity index (χ0v) is 47.2. The minimum Gasteiger partial charge on any atom is -0.394 e. The Labute approximate surface area is 461 Å². The van der Waals surface area contributed by atoms with Gasteiger partial charge in [-0.15, -0.1) is 0 Å². The van der Waals surface area contributed by atoms with Gasteiger partial charge < -0.3 is 89.9 Å². The van der Waals surface area contributed by atoms with Gasteiger partial charge >= 0.3 is 0 Å². The summed E-state index contributed by atoms with van der Waals surface area (Å²) in [5.74, 6) is -0.248. The van der Waals surface area contributed by atoms with Gasteiger partial charge in [0.2, 0.25) is 5.91 Å². The lowest BCUT2D eigenvalue weighted by Crippen LogP contribution is -2.66. The number of nitrogens with one attached hydrogen (secondary N) is 1. The molecule has 3 rings (SSSR count). The third-order valence-corrected chi connectivity index (χ3v) is 15.6. The molecule has 19 heteroatoms. The minimum absolute atomic E-state index is 0.248. The molecule has 0 bridgehead atoms. The molecule has 3 aliphatic rings. The molecule has 3 aliphatic heterocycles. The van der Waals surface area contributed by atoms with Gasteiger partial charge in [-0.1, -0.05) is 187 Å². The average molecular weight is 1110 g/mol. The summed E-state index contributed by atoms with van der Waals surface area (Å²) in [5, 5.41) is 120. The molecular formula is C58H109NO18. The molecule has 3 fully saturated rings. The molecule has 0 radical (unpaired) electrons. The first-order valence-corrected chi connectivity index (χ1v) is 30.4. The van der Waals surface area contributed by atoms with Gasteiger partial charge in [-0.05, 0) is 38.5 Å². The highest BCUT2D eigenvalue weighted by molar-refractivity contribution is 5.76. The number of amides is 1. The summed E-state index contributed by atoms with van der Waals surface area (Å²) in [6.45, 7) is 1.69. The standard InChI is InChI=1S/C58H109NO18/c1-3-5-7-9-10-11-12-13-14-15-16-17-18-19-20-21-22-23-24-25-26-27-28-29-30-32-34-36-46(64)59-41(42(63)35-33-31-8-6-4-2)40-72-56-52(70)49(67)54(44(38-61)74-56)77-58-53(71)50(68)55(45(39-62)75-58)76-57-51(69)48(66)47(65)43(37-60)73-57/h15-16,41-45,47-58,60-63,65-71H,3-14,17-40H2,1-2H3,(H,59,64)/b16-15-. The van der Waals surface area contributed by atoms with Crippen LogP contribution in [0.25, 0.3) is 0 Å². The highest BCUT2D eigenvalue weighted by atomic mass is 16.8. The Hall–Kier alpha value is -1.47. The maximum atomic E-state index is 13.2. The molecule has 0 saturated carbocycles. The highest BCUT2D eigenvalue weighted by Crippen LogP contribution is 2.33. The van der Waals surface area contributed by atoms with Crippen molar-refractivity contribution in [1.29, 1.82) is 0 Å². The first kappa shape index (κ1) is 69.8. The lowest BCUT2D eigenvalue weighted by atomic mass is 9.96. The van der Waals surface area contributed by atoms with Crippen LogP contribution in [0.1, 0.15) is 219 Å². The molecule has 0 aromatic heterocycles. The van der Waals surface area contributed by atoms with Gasteiger partial charge in [-0.25, -0.2) is 0 Å². The van der Waals surface area contributed by atoms with Crippen LogP contribution in [-0.4, -0.2) is 193 Å². The number of rotatable bonds is 45. The number of carbonyl (C=O) groups excluding carboxylic acids is 1. The van der Waals surface area contributed by atoms with E-state index < -0.39 is 124 Å². The van der Waals surface area contributed by atoms with Crippen molar-refractivity contribution >= 4 is 5.91 Å². The predicted octanol–water partition coefficient (Wildman–Crippen LogP) is 5.38. The molecule has 0 aromatic rings. The van der Waals surface area contributed by atoms with E-state index in [1.165, 1.54) is 135 Å². The van der Waals surface area contributed by atoms with Crippen LogP contribution in [-0.2, 0) is 33.2 Å². The van der Waals surface area contributed by atoms with Crippen LogP contribution in [0, 0.1) is 0 Å². The molecule has 12 N–H and O–H groups in total. The number of unbranched alkanes of at least 4 members (excludes halogenated alkanes) is 27. The largest absolute Gasteiger partial charge is 0.394 e. The van der Waals surface area contributed by atoms with Crippen molar-refractivity contribution in [3.05, 3.63) is 12.2 Å². The van der Waals surface area contributed by atoms with E-state index >= 15 is 0 Å². The first-order valence-electron chi connectivity index (χ1n) is 30.4. The third kappa shape index (κ3) is 26.5. The van der Waals surface area contributed by atoms with Crippen LogP contribution in [0.5, 0.6) is 0 Å². The molecule has 0 aliphatic carbocycles. The van der Waals surface area contributed by atoms with Crippen LogP contribution in [0.4, 0.5) is 0 Å². The monoisotopic (exact) mass is 1110 g/mol. The number of hydrogen-bond acceptors (Lipinski definition) is 18. The van der Waals surface area contributed by atoms with Crippen molar-refractivity contribution in [2.45, 2.75) is 324 Å². The second-order valence-corrected chi connectivity index (χ2v) is 22.2. The van der Waals surface area contributed by atoms with E-state index in [4.69, 9.17) is 28.4 Å². The van der Waals surface area contributed by atoms with Gasteiger partial charge in [-0.3, -0.25) is 4.79 Å². The molecule has 3 saturated heterocycles. The molecule has 3 heterocycles. The lowest BCUT2D eigenvalue weighted by Gasteiger charge is -2.48. The summed E-state index contributed by atoms with van der Waals surface area (Å²) in [4.78, 5) is 13.2. The number of aliphatic hydroxyl groups excluding tert-OH is 11. The van der Waals surface area contributed by atoms with Gasteiger partial charge in [0.15, 0.2) is 18.9 Å². The summed E-state index contributed by atoms with van der Waals surface area (Å²) in [5.41, 5.74) is 0. The molecule has 17 unspecified atom stereocenters. The Balaban J connectivity index is 1.34. The predicted molar refractivity (Wildman–Crippen MR) is 291 cm³/mol. The van der Waals surface area contributed by atoms with Crippen molar-refractivity contribution in [3.63, 3.8) is 0 Å². The Morgan fingerprint density at radius 2 is 0.818 bits per heavy atom. The van der Waals surface area contributed by atoms with E-state index in [0.717, 1.165) is 51.4 Å². The highest BCUT2D eigenvalue weighted by Gasteiger charge is 2.53. The zero-order valence-electron chi connectivity index (χ0n) is 47.2. The normalized spacial score (nSPS) is 30.7. The summed E-state index contributed by atoms with van der Waals surface area (Å²) >= 11 is 0. The number of allylic oxidation sites excluding steroid dienone is 2. The molecule has 1 amide bonds. The Morgan fingerprint density at radius 1 is 0.455 bits per heavy atom. The fraction of sp³-hybridized carbons (Fsp3) is 0.948. The zero-order chi connectivity index (χ0) is 56.2. The van der Waals surface area contributed by atoms with E-state index in [9.17, 15) is 61.0 Å². The van der Waals surface area contributed by atoms with Crippen LogP contribution < -0.4 is 5.32 Å². The van der Waals surface area contributed by atoms with Gasteiger partial charge in [-0.2, -0.15) is 0 Å². The summed E-state index contributed by atoms with van der Waals surface area (Å²) < 4.78 is 34.1. The second-order valence-electron chi connectivity index (χ2n) is 22.2. The molecule has 0 aromatic carbocycles. The van der Waals surface area contributed by atoms with Gasteiger partial charge in [0.25, 0.3) is 0 Å². The van der Waals surface area contributed by atoms with Gasteiger partial charge in [0.05, 0.1) is 38.6 Å². The van der Waals surface area contributed by atoms with E-state index in [0.29, 0.717) is 12.8 Å². The van der Waals surface area contributed by atoms with E-state index in [1.807, 2.05) is 0 Å². The third-order valence-electron chi connectivity index (χ3n) is 15.6. The Kier molecular flexibility index (Phi) is 38.4. The van der Waals surface area contributed by atoms with Crippen LogP contribution in [0.15, 0.2) is 12.2 Å². The van der Waals surface area contributed by atoms with Crippen LogP contribution in [0.2, 0.25) is 0 Å². The van der Waals surface area contributed by atoms with Crippen molar-refractivity contribution in [2.24, 2.45) is 0 Å². The fourth-order valence-corrected chi connectivity index (χ4v) is 10.5. The minimum atomic E-state index is -1.97. The molecule has 77 heavy (non-hydrogen) atoms.